The smallest absolute Gasteiger partial charge is 0.119 e. The molecule has 0 aromatic heterocycles. The van der Waals surface area contributed by atoms with Gasteiger partial charge in [0, 0.05) is 12.6 Å². The van der Waals surface area contributed by atoms with Gasteiger partial charge in [0.2, 0.25) is 0 Å². The molecule has 0 radical (unpaired) electrons. The summed E-state index contributed by atoms with van der Waals surface area (Å²) in [7, 11) is 0. The van der Waals surface area contributed by atoms with E-state index in [1.54, 1.807) is 6.07 Å². The van der Waals surface area contributed by atoms with Gasteiger partial charge in [-0.15, -0.1) is 0 Å². The van der Waals surface area contributed by atoms with Crippen molar-refractivity contribution in [2.45, 2.75) is 31.8 Å². The largest absolute Gasteiger partial charge is 0.508 e. The number of rotatable bonds is 3. The van der Waals surface area contributed by atoms with Crippen molar-refractivity contribution >= 4 is 0 Å². The maximum absolute atomic E-state index is 9.83. The van der Waals surface area contributed by atoms with E-state index < -0.39 is 0 Å². The molecular formula is C17H19NO. The molecule has 2 nitrogen and oxygen atoms in total. The van der Waals surface area contributed by atoms with Gasteiger partial charge >= 0.3 is 0 Å². The number of phenols is 1. The van der Waals surface area contributed by atoms with Crippen molar-refractivity contribution in [1.82, 2.24) is 5.32 Å². The van der Waals surface area contributed by atoms with Crippen molar-refractivity contribution in [3.05, 3.63) is 65.2 Å². The fraction of sp³-hybridized carbons (Fsp3) is 0.294. The van der Waals surface area contributed by atoms with Crippen LogP contribution in [-0.2, 0) is 19.4 Å². The minimum atomic E-state index is 0.457. The van der Waals surface area contributed by atoms with Crippen LogP contribution in [0.25, 0.3) is 0 Å². The lowest BCUT2D eigenvalue weighted by Crippen LogP contribution is -2.34. The highest BCUT2D eigenvalue weighted by Gasteiger charge is 2.19. The Kier molecular flexibility index (Phi) is 3.51. The highest BCUT2D eigenvalue weighted by atomic mass is 16.3. The predicted molar refractivity (Wildman–Crippen MR) is 77.2 cm³/mol. The zero-order valence-corrected chi connectivity index (χ0v) is 11.0. The van der Waals surface area contributed by atoms with E-state index in [0.717, 1.165) is 31.4 Å². The third kappa shape index (κ3) is 2.79. The van der Waals surface area contributed by atoms with Crippen LogP contribution in [0, 0.1) is 0 Å². The molecule has 98 valence electrons. The Bertz CT molecular complexity index is 550. The van der Waals surface area contributed by atoms with E-state index in [2.05, 4.69) is 35.6 Å². The first kappa shape index (κ1) is 12.2. The fourth-order valence-corrected chi connectivity index (χ4v) is 2.82. The summed E-state index contributed by atoms with van der Waals surface area (Å²) in [5.74, 6) is 0.457. The molecule has 0 aliphatic heterocycles. The second kappa shape index (κ2) is 5.45. The molecular weight excluding hydrogens is 234 g/mol. The van der Waals surface area contributed by atoms with Crippen LogP contribution >= 0.6 is 0 Å². The van der Waals surface area contributed by atoms with Crippen LogP contribution in [0.5, 0.6) is 5.75 Å². The first-order chi connectivity index (χ1) is 9.33. The Morgan fingerprint density at radius 1 is 1.05 bits per heavy atom. The number of phenolic OH excluding ortho intramolecular Hbond substituents is 1. The number of benzene rings is 2. The van der Waals surface area contributed by atoms with Gasteiger partial charge in [0.15, 0.2) is 0 Å². The predicted octanol–water partition coefficient (Wildman–Crippen LogP) is 3.04. The van der Waals surface area contributed by atoms with Crippen LogP contribution in [0.4, 0.5) is 0 Å². The van der Waals surface area contributed by atoms with E-state index in [-0.39, 0.29) is 0 Å². The molecule has 2 N–H and O–H groups in total. The highest BCUT2D eigenvalue weighted by molar-refractivity contribution is 5.41. The lowest BCUT2D eigenvalue weighted by Gasteiger charge is -2.26. The van der Waals surface area contributed by atoms with E-state index in [0.29, 0.717) is 11.8 Å². The van der Waals surface area contributed by atoms with Crippen LogP contribution in [0.2, 0.25) is 0 Å². The Morgan fingerprint density at radius 2 is 1.89 bits per heavy atom. The molecule has 0 heterocycles. The zero-order chi connectivity index (χ0) is 13.1. The second-order valence-corrected chi connectivity index (χ2v) is 5.22. The van der Waals surface area contributed by atoms with Gasteiger partial charge < -0.3 is 10.4 Å². The Hall–Kier alpha value is -1.80. The Balaban J connectivity index is 1.63. The van der Waals surface area contributed by atoms with Crippen molar-refractivity contribution in [3.8, 4) is 5.75 Å². The molecule has 2 heteroatoms. The molecule has 1 atom stereocenters. The first-order valence-corrected chi connectivity index (χ1v) is 6.90. The number of nitrogens with one attached hydrogen (secondary N) is 1. The van der Waals surface area contributed by atoms with Gasteiger partial charge in [-0.1, -0.05) is 42.5 Å². The molecule has 0 spiro atoms. The number of hydrogen-bond donors (Lipinski definition) is 2. The summed E-state index contributed by atoms with van der Waals surface area (Å²) >= 11 is 0. The Morgan fingerprint density at radius 3 is 2.74 bits per heavy atom. The van der Waals surface area contributed by atoms with Crippen molar-refractivity contribution in [2.75, 3.05) is 0 Å². The molecule has 19 heavy (non-hydrogen) atoms. The molecule has 2 aromatic rings. The SMILES string of the molecule is Oc1cccc2c1CC[C@H](NCc1ccccc1)C2. The van der Waals surface area contributed by atoms with E-state index in [1.807, 2.05) is 12.1 Å². The van der Waals surface area contributed by atoms with E-state index >= 15 is 0 Å². The third-order valence-corrected chi connectivity index (χ3v) is 3.90. The quantitative estimate of drug-likeness (QED) is 0.881. The topological polar surface area (TPSA) is 32.3 Å². The summed E-state index contributed by atoms with van der Waals surface area (Å²) in [4.78, 5) is 0. The third-order valence-electron chi connectivity index (χ3n) is 3.90. The fourth-order valence-electron chi connectivity index (χ4n) is 2.82. The molecule has 0 unspecified atom stereocenters. The summed E-state index contributed by atoms with van der Waals surface area (Å²) in [6, 6.07) is 16.9. The molecule has 3 rings (SSSR count). The molecule has 2 aromatic carbocycles. The number of aromatic hydroxyl groups is 1. The minimum Gasteiger partial charge on any atom is -0.508 e. The summed E-state index contributed by atoms with van der Waals surface area (Å²) in [5, 5.41) is 13.4. The van der Waals surface area contributed by atoms with Crippen molar-refractivity contribution in [3.63, 3.8) is 0 Å². The molecule has 0 fully saturated rings. The molecule has 0 bridgehead atoms. The minimum absolute atomic E-state index is 0.457. The van der Waals surface area contributed by atoms with Crippen LogP contribution in [0.15, 0.2) is 48.5 Å². The van der Waals surface area contributed by atoms with Crippen LogP contribution in [-0.4, -0.2) is 11.1 Å². The van der Waals surface area contributed by atoms with Gasteiger partial charge in [-0.25, -0.2) is 0 Å². The standard InChI is InChI=1S/C17H19NO/c19-17-8-4-7-14-11-15(9-10-16(14)17)18-12-13-5-2-1-3-6-13/h1-8,15,18-19H,9-12H2/t15-/m0/s1. The van der Waals surface area contributed by atoms with Gasteiger partial charge in [0.05, 0.1) is 0 Å². The first-order valence-electron chi connectivity index (χ1n) is 6.90. The Labute approximate surface area is 114 Å². The lowest BCUT2D eigenvalue weighted by atomic mass is 9.87. The van der Waals surface area contributed by atoms with Gasteiger partial charge in [0.25, 0.3) is 0 Å². The molecule has 0 saturated carbocycles. The zero-order valence-electron chi connectivity index (χ0n) is 11.0. The summed E-state index contributed by atoms with van der Waals surface area (Å²) in [6.07, 6.45) is 3.07. The van der Waals surface area contributed by atoms with Crippen molar-refractivity contribution in [2.24, 2.45) is 0 Å². The van der Waals surface area contributed by atoms with Gasteiger partial charge in [-0.3, -0.25) is 0 Å². The molecule has 1 aliphatic rings. The molecule has 0 amide bonds. The summed E-state index contributed by atoms with van der Waals surface area (Å²) in [5.41, 5.74) is 3.75. The second-order valence-electron chi connectivity index (χ2n) is 5.22. The monoisotopic (exact) mass is 253 g/mol. The van der Waals surface area contributed by atoms with Crippen LogP contribution in [0.1, 0.15) is 23.1 Å². The summed E-state index contributed by atoms with van der Waals surface area (Å²) < 4.78 is 0. The maximum Gasteiger partial charge on any atom is 0.119 e. The van der Waals surface area contributed by atoms with Crippen molar-refractivity contribution < 1.29 is 5.11 Å². The van der Waals surface area contributed by atoms with Crippen molar-refractivity contribution in [1.29, 1.82) is 0 Å². The van der Waals surface area contributed by atoms with Gasteiger partial charge in [-0.2, -0.15) is 0 Å². The normalized spacial score (nSPS) is 18.0. The van der Waals surface area contributed by atoms with Crippen LogP contribution in [0.3, 0.4) is 0 Å². The lowest BCUT2D eigenvalue weighted by molar-refractivity contribution is 0.431. The number of fused-ring (bicyclic) bond motifs is 1. The van der Waals surface area contributed by atoms with Gasteiger partial charge in [-0.05, 0) is 42.0 Å². The van der Waals surface area contributed by atoms with Gasteiger partial charge in [0.1, 0.15) is 5.75 Å². The van der Waals surface area contributed by atoms with E-state index in [1.165, 1.54) is 11.1 Å². The maximum atomic E-state index is 9.83. The molecule has 1 aliphatic carbocycles. The highest BCUT2D eigenvalue weighted by Crippen LogP contribution is 2.28. The summed E-state index contributed by atoms with van der Waals surface area (Å²) in [6.45, 7) is 0.916. The van der Waals surface area contributed by atoms with E-state index in [4.69, 9.17) is 0 Å². The average Bonchev–Trinajstić information content (AvgIpc) is 2.46. The molecule has 0 saturated heterocycles. The number of hydrogen-bond acceptors (Lipinski definition) is 2. The average molecular weight is 253 g/mol. The van der Waals surface area contributed by atoms with Crippen LogP contribution < -0.4 is 5.32 Å². The van der Waals surface area contributed by atoms with E-state index in [9.17, 15) is 5.11 Å².